The largest absolute Gasteiger partial charge is 0.481 e. The molecule has 0 spiro atoms. The van der Waals surface area contributed by atoms with Gasteiger partial charge in [0.15, 0.2) is 0 Å². The van der Waals surface area contributed by atoms with Crippen molar-refractivity contribution in [3.8, 4) is 0 Å². The van der Waals surface area contributed by atoms with E-state index in [4.69, 9.17) is 5.11 Å². The van der Waals surface area contributed by atoms with E-state index in [1.807, 2.05) is 0 Å². The Hall–Kier alpha value is -1.43. The minimum Gasteiger partial charge on any atom is -0.481 e. The third kappa shape index (κ3) is 4.83. The minimum absolute atomic E-state index is 0.0437. The molecule has 18 heavy (non-hydrogen) atoms. The topological polar surface area (TPSA) is 71.4 Å². The van der Waals surface area contributed by atoms with E-state index in [0.717, 1.165) is 6.26 Å². The van der Waals surface area contributed by atoms with Crippen molar-refractivity contribution in [2.45, 2.75) is 18.8 Å². The van der Waals surface area contributed by atoms with E-state index in [2.05, 4.69) is 0 Å². The van der Waals surface area contributed by atoms with Crippen LogP contribution in [0.25, 0.3) is 0 Å². The molecule has 0 aliphatic heterocycles. The van der Waals surface area contributed by atoms with Crippen LogP contribution in [-0.2, 0) is 14.6 Å². The quantitative estimate of drug-likeness (QED) is 0.859. The summed E-state index contributed by atoms with van der Waals surface area (Å²) in [7, 11) is -3.09. The van der Waals surface area contributed by atoms with Gasteiger partial charge in [-0.2, -0.15) is 0 Å². The zero-order valence-electron chi connectivity index (χ0n) is 9.97. The zero-order chi connectivity index (χ0) is 13.8. The number of hydrogen-bond acceptors (Lipinski definition) is 3. The maximum atomic E-state index is 12.7. The average Bonchev–Trinajstić information content (AvgIpc) is 2.24. The molecule has 1 atom stereocenters. The van der Waals surface area contributed by atoms with Gasteiger partial charge in [0.05, 0.1) is 5.92 Å². The van der Waals surface area contributed by atoms with Crippen LogP contribution >= 0.6 is 0 Å². The van der Waals surface area contributed by atoms with Crippen molar-refractivity contribution < 1.29 is 22.7 Å². The highest BCUT2D eigenvalue weighted by atomic mass is 32.2. The summed E-state index contributed by atoms with van der Waals surface area (Å²) in [5, 5.41) is 9.08. The molecule has 1 unspecified atom stereocenters. The van der Waals surface area contributed by atoms with Gasteiger partial charge in [-0.3, -0.25) is 4.79 Å². The van der Waals surface area contributed by atoms with E-state index in [0.29, 0.717) is 5.56 Å². The van der Waals surface area contributed by atoms with Crippen LogP contribution in [0.2, 0.25) is 0 Å². The lowest BCUT2D eigenvalue weighted by Crippen LogP contribution is -2.13. The van der Waals surface area contributed by atoms with Crippen molar-refractivity contribution >= 4 is 15.8 Å². The fraction of sp³-hybridized carbons (Fsp3) is 0.417. The standard InChI is InChI=1S/C12H15FO4S/c1-18(16,17)8-2-3-11(12(14)15)9-4-6-10(13)7-5-9/h4-7,11H,2-3,8H2,1H3,(H,14,15). The molecule has 0 aromatic heterocycles. The van der Waals surface area contributed by atoms with E-state index < -0.39 is 27.5 Å². The fourth-order valence-electron chi connectivity index (χ4n) is 1.68. The summed E-state index contributed by atoms with van der Waals surface area (Å²) in [6.45, 7) is 0. The number of rotatable bonds is 6. The maximum absolute atomic E-state index is 12.7. The van der Waals surface area contributed by atoms with Gasteiger partial charge in [0.1, 0.15) is 15.7 Å². The van der Waals surface area contributed by atoms with Crippen LogP contribution in [-0.4, -0.2) is 31.5 Å². The highest BCUT2D eigenvalue weighted by Gasteiger charge is 2.20. The summed E-state index contributed by atoms with van der Waals surface area (Å²) in [5.74, 6) is -2.31. The minimum atomic E-state index is -3.09. The lowest BCUT2D eigenvalue weighted by Gasteiger charge is -2.12. The third-order valence-electron chi connectivity index (χ3n) is 2.58. The Morgan fingerprint density at radius 3 is 2.33 bits per heavy atom. The SMILES string of the molecule is CS(=O)(=O)CCCC(C(=O)O)c1ccc(F)cc1. The molecule has 0 heterocycles. The number of carbonyl (C=O) groups is 1. The number of hydrogen-bond donors (Lipinski definition) is 1. The van der Waals surface area contributed by atoms with Gasteiger partial charge in [-0.1, -0.05) is 12.1 Å². The molecule has 0 aliphatic rings. The smallest absolute Gasteiger partial charge is 0.310 e. The first-order valence-electron chi connectivity index (χ1n) is 5.45. The first-order chi connectivity index (χ1) is 8.29. The number of aliphatic carboxylic acids is 1. The van der Waals surface area contributed by atoms with E-state index in [1.54, 1.807) is 0 Å². The van der Waals surface area contributed by atoms with E-state index in [9.17, 15) is 17.6 Å². The van der Waals surface area contributed by atoms with Crippen LogP contribution in [0, 0.1) is 5.82 Å². The Balaban J connectivity index is 2.72. The second-order valence-corrected chi connectivity index (χ2v) is 6.47. The highest BCUT2D eigenvalue weighted by Crippen LogP contribution is 2.22. The molecule has 100 valence electrons. The Kier molecular flexibility index (Phi) is 4.84. The molecule has 0 saturated carbocycles. The first-order valence-corrected chi connectivity index (χ1v) is 7.51. The third-order valence-corrected chi connectivity index (χ3v) is 3.61. The second-order valence-electron chi connectivity index (χ2n) is 4.21. The maximum Gasteiger partial charge on any atom is 0.310 e. The number of sulfone groups is 1. The summed E-state index contributed by atoms with van der Waals surface area (Å²) in [6, 6.07) is 5.22. The van der Waals surface area contributed by atoms with Crippen molar-refractivity contribution in [3.05, 3.63) is 35.6 Å². The van der Waals surface area contributed by atoms with Crippen LogP contribution in [0.5, 0.6) is 0 Å². The van der Waals surface area contributed by atoms with Gasteiger partial charge in [0.25, 0.3) is 0 Å². The molecular formula is C12H15FO4S. The monoisotopic (exact) mass is 274 g/mol. The van der Waals surface area contributed by atoms with Gasteiger partial charge in [0, 0.05) is 12.0 Å². The Morgan fingerprint density at radius 2 is 1.89 bits per heavy atom. The van der Waals surface area contributed by atoms with Gasteiger partial charge >= 0.3 is 5.97 Å². The second kappa shape index (κ2) is 5.95. The number of benzene rings is 1. The molecule has 1 aromatic rings. The van der Waals surface area contributed by atoms with Gasteiger partial charge in [0.2, 0.25) is 0 Å². The van der Waals surface area contributed by atoms with Gasteiger partial charge in [-0.25, -0.2) is 12.8 Å². The fourth-order valence-corrected chi connectivity index (χ4v) is 2.37. The van der Waals surface area contributed by atoms with E-state index in [1.165, 1.54) is 24.3 Å². The van der Waals surface area contributed by atoms with Crippen LogP contribution in [0.4, 0.5) is 4.39 Å². The van der Waals surface area contributed by atoms with E-state index in [-0.39, 0.29) is 18.6 Å². The normalized spacial score (nSPS) is 13.2. The molecule has 0 amide bonds. The molecule has 6 heteroatoms. The predicted molar refractivity (Wildman–Crippen MR) is 65.7 cm³/mol. The molecular weight excluding hydrogens is 259 g/mol. The molecule has 1 N–H and O–H groups in total. The first kappa shape index (κ1) is 14.6. The van der Waals surface area contributed by atoms with Crippen molar-refractivity contribution in [2.75, 3.05) is 12.0 Å². The molecule has 0 bridgehead atoms. The number of halogens is 1. The lowest BCUT2D eigenvalue weighted by atomic mass is 9.95. The van der Waals surface area contributed by atoms with Gasteiger partial charge < -0.3 is 5.11 Å². The molecule has 0 saturated heterocycles. The Bertz CT molecular complexity index is 507. The summed E-state index contributed by atoms with van der Waals surface area (Å²) in [6.07, 6.45) is 1.60. The van der Waals surface area contributed by atoms with Crippen LogP contribution in [0.1, 0.15) is 24.3 Å². The summed E-state index contributed by atoms with van der Waals surface area (Å²) >= 11 is 0. The van der Waals surface area contributed by atoms with E-state index >= 15 is 0 Å². The van der Waals surface area contributed by atoms with Gasteiger partial charge in [-0.05, 0) is 30.5 Å². The Morgan fingerprint density at radius 1 is 1.33 bits per heavy atom. The summed E-state index contributed by atoms with van der Waals surface area (Å²) < 4.78 is 34.7. The van der Waals surface area contributed by atoms with Crippen molar-refractivity contribution in [2.24, 2.45) is 0 Å². The van der Waals surface area contributed by atoms with Crippen molar-refractivity contribution in [1.82, 2.24) is 0 Å². The highest BCUT2D eigenvalue weighted by molar-refractivity contribution is 7.90. The zero-order valence-corrected chi connectivity index (χ0v) is 10.8. The molecule has 0 fully saturated rings. The van der Waals surface area contributed by atoms with Gasteiger partial charge in [-0.15, -0.1) is 0 Å². The average molecular weight is 274 g/mol. The van der Waals surface area contributed by atoms with Crippen molar-refractivity contribution in [3.63, 3.8) is 0 Å². The molecule has 0 aliphatic carbocycles. The molecule has 1 aromatic carbocycles. The molecule has 4 nitrogen and oxygen atoms in total. The Labute approximate surface area is 105 Å². The lowest BCUT2D eigenvalue weighted by molar-refractivity contribution is -0.139. The number of carboxylic acid groups (broad SMARTS) is 1. The van der Waals surface area contributed by atoms with Crippen molar-refractivity contribution in [1.29, 1.82) is 0 Å². The summed E-state index contributed by atoms with van der Waals surface area (Å²) in [5.41, 5.74) is 0.484. The molecule has 1 rings (SSSR count). The number of carboxylic acids is 1. The predicted octanol–water partition coefficient (Wildman–Crippen LogP) is 1.82. The van der Waals surface area contributed by atoms with Crippen LogP contribution < -0.4 is 0 Å². The van der Waals surface area contributed by atoms with Crippen LogP contribution in [0.3, 0.4) is 0 Å². The summed E-state index contributed by atoms with van der Waals surface area (Å²) in [4.78, 5) is 11.1. The molecule has 0 radical (unpaired) electrons. The van der Waals surface area contributed by atoms with Crippen LogP contribution in [0.15, 0.2) is 24.3 Å².